The largest absolute Gasteiger partial charge is 0.492 e. The fourth-order valence-corrected chi connectivity index (χ4v) is 6.66. The Labute approximate surface area is 368 Å². The molecule has 8 nitrogen and oxygen atoms in total. The van der Waals surface area contributed by atoms with E-state index in [0.29, 0.717) is 46.1 Å². The van der Waals surface area contributed by atoms with Crippen LogP contribution in [0.15, 0.2) is 113 Å². The molecule has 0 radical (unpaired) electrons. The van der Waals surface area contributed by atoms with Crippen LogP contribution in [-0.2, 0) is 0 Å². The lowest BCUT2D eigenvalue weighted by Crippen LogP contribution is -2.11. The number of hydrogen-bond donors (Lipinski definition) is 0. The maximum atomic E-state index is 14.6. The second-order valence-corrected chi connectivity index (χ2v) is 15.4. The van der Waals surface area contributed by atoms with Crippen LogP contribution in [0, 0.1) is 5.82 Å². The van der Waals surface area contributed by atoms with E-state index in [9.17, 15) is 14.0 Å². The van der Waals surface area contributed by atoms with Crippen LogP contribution in [0.3, 0.4) is 0 Å². The highest BCUT2D eigenvalue weighted by Gasteiger charge is 2.14. The fourth-order valence-electron chi connectivity index (χ4n) is 6.20. The number of nitrogens with zero attached hydrogens (tertiary/aromatic N) is 2. The van der Waals surface area contributed by atoms with Gasteiger partial charge in [-0.2, -0.15) is 0 Å². The summed E-state index contributed by atoms with van der Waals surface area (Å²) in [5.41, 5.74) is 3.22. The second-order valence-electron chi connectivity index (χ2n) is 14.6. The van der Waals surface area contributed by atoms with Crippen LogP contribution in [0.4, 0.5) is 15.8 Å². The van der Waals surface area contributed by atoms with Crippen molar-refractivity contribution >= 4 is 58.9 Å². The highest BCUT2D eigenvalue weighted by Crippen LogP contribution is 2.31. The van der Waals surface area contributed by atoms with Crippen molar-refractivity contribution in [3.63, 3.8) is 0 Å². The smallest absolute Gasteiger partial charge is 0.343 e. The van der Waals surface area contributed by atoms with E-state index in [1.165, 1.54) is 57.4 Å². The van der Waals surface area contributed by atoms with Crippen molar-refractivity contribution < 1.29 is 32.9 Å². The van der Waals surface area contributed by atoms with Crippen molar-refractivity contribution in [3.05, 3.63) is 141 Å². The maximum absolute atomic E-state index is 14.6. The molecular weight excluding hydrogens is 814 g/mol. The Morgan fingerprint density at radius 1 is 0.525 bits per heavy atom. The van der Waals surface area contributed by atoms with Crippen molar-refractivity contribution in [2.24, 2.45) is 9.98 Å². The number of unbranched alkanes of at least 4 members (excludes halogenated alkanes) is 10. The normalized spacial score (nSPS) is 11.3. The fraction of sp³-hybridized carbons (Fsp3) is 0.320. The molecule has 0 saturated heterocycles. The molecule has 0 aliphatic carbocycles. The predicted molar refractivity (Wildman–Crippen MR) is 244 cm³/mol. The van der Waals surface area contributed by atoms with Gasteiger partial charge in [0.15, 0.2) is 0 Å². The molecule has 0 saturated carbocycles. The lowest BCUT2D eigenvalue weighted by atomic mass is 10.1. The molecule has 5 rings (SSSR count). The zero-order chi connectivity index (χ0) is 43.2. The van der Waals surface area contributed by atoms with Crippen molar-refractivity contribution in [2.45, 2.75) is 90.9 Å². The van der Waals surface area contributed by atoms with Crippen LogP contribution in [0.5, 0.6) is 23.0 Å². The van der Waals surface area contributed by atoms with E-state index in [0.717, 1.165) is 48.9 Å². The van der Waals surface area contributed by atoms with Crippen LogP contribution in [0.1, 0.15) is 123 Å². The zero-order valence-corrected chi connectivity index (χ0v) is 36.4. The summed E-state index contributed by atoms with van der Waals surface area (Å²) in [5, 5.41) is 0.970. The summed E-state index contributed by atoms with van der Waals surface area (Å²) < 4.78 is 37.1. The molecule has 0 atom stereocenters. The molecule has 0 heterocycles. The number of hydrogen-bond acceptors (Lipinski definition) is 8. The van der Waals surface area contributed by atoms with Crippen LogP contribution in [0.2, 0.25) is 10.0 Å². The first kappa shape index (κ1) is 46.6. The van der Waals surface area contributed by atoms with Crippen molar-refractivity contribution in [3.8, 4) is 23.0 Å². The van der Waals surface area contributed by atoms with Gasteiger partial charge in [0, 0.05) is 30.6 Å². The van der Waals surface area contributed by atoms with Gasteiger partial charge in [0.1, 0.15) is 28.8 Å². The Hall–Kier alpha value is -5.51. The van der Waals surface area contributed by atoms with Gasteiger partial charge in [0.05, 0.1) is 45.8 Å². The number of carbonyl (C=O) groups excluding carboxylic acids is 2. The van der Waals surface area contributed by atoms with Gasteiger partial charge in [-0.1, -0.05) is 126 Å². The van der Waals surface area contributed by atoms with Gasteiger partial charge in [0.2, 0.25) is 0 Å². The van der Waals surface area contributed by atoms with E-state index in [4.69, 9.17) is 42.1 Å². The Bertz CT molecular complexity index is 2070. The summed E-state index contributed by atoms with van der Waals surface area (Å²) in [5.74, 6) is -1.19. The molecule has 5 aromatic carbocycles. The maximum Gasteiger partial charge on any atom is 0.343 e. The van der Waals surface area contributed by atoms with Gasteiger partial charge in [-0.15, -0.1) is 0 Å². The molecule has 0 N–H and O–H groups in total. The van der Waals surface area contributed by atoms with E-state index < -0.39 is 17.8 Å². The van der Waals surface area contributed by atoms with Crippen molar-refractivity contribution in [2.75, 3.05) is 13.2 Å². The minimum atomic E-state index is -0.749. The van der Waals surface area contributed by atoms with Crippen LogP contribution < -0.4 is 18.9 Å². The first-order valence-electron chi connectivity index (χ1n) is 21.1. The molecule has 0 aliphatic heterocycles. The van der Waals surface area contributed by atoms with Crippen LogP contribution in [-0.4, -0.2) is 37.6 Å². The highest BCUT2D eigenvalue weighted by molar-refractivity contribution is 6.32. The lowest BCUT2D eigenvalue weighted by Gasteiger charge is -2.09. The summed E-state index contributed by atoms with van der Waals surface area (Å²) in [6.07, 6.45) is 17.5. The molecule has 0 spiro atoms. The van der Waals surface area contributed by atoms with Gasteiger partial charge < -0.3 is 18.9 Å². The number of aliphatic imine (C=N–C) groups is 2. The second kappa shape index (κ2) is 25.3. The minimum Gasteiger partial charge on any atom is -0.492 e. The van der Waals surface area contributed by atoms with Gasteiger partial charge in [-0.05, 0) is 84.6 Å². The molecule has 11 heteroatoms. The quantitative estimate of drug-likeness (QED) is 0.0265. The first-order chi connectivity index (χ1) is 29.7. The van der Waals surface area contributed by atoms with Gasteiger partial charge in [-0.25, -0.2) is 14.0 Å². The monoisotopic (exact) mass is 866 g/mol. The van der Waals surface area contributed by atoms with E-state index >= 15 is 0 Å². The number of carbonyl (C=O) groups is 2. The Morgan fingerprint density at radius 2 is 0.918 bits per heavy atom. The van der Waals surface area contributed by atoms with E-state index in [1.807, 2.05) is 24.3 Å². The first-order valence-corrected chi connectivity index (χ1v) is 21.8. The topological polar surface area (TPSA) is 95.8 Å². The third kappa shape index (κ3) is 16.1. The molecule has 0 bridgehead atoms. The Kier molecular flexibility index (Phi) is 19.3. The average molecular weight is 868 g/mol. The number of esters is 2. The molecule has 0 aromatic heterocycles. The predicted octanol–water partition coefficient (Wildman–Crippen LogP) is 14.6. The van der Waals surface area contributed by atoms with Crippen molar-refractivity contribution in [1.82, 2.24) is 0 Å². The van der Waals surface area contributed by atoms with Gasteiger partial charge in [0.25, 0.3) is 0 Å². The van der Waals surface area contributed by atoms with Gasteiger partial charge in [-0.3, -0.25) is 9.98 Å². The summed E-state index contributed by atoms with van der Waals surface area (Å²) in [6.45, 7) is 5.65. The number of halogens is 3. The standard InChI is InChI=1S/C50H53Cl2FN2O6/c1-3-5-7-9-11-13-27-58-47-25-23-41(31-45(47)51)54-34-36-15-19-38(20-16-36)49(56)60-43-29-40(53)30-44(33-43)61-50(57)39-21-17-37(18-22-39)35-55-42-24-26-48(46(52)32-42)59-28-14-12-10-8-6-4-2/h15-26,29-35H,3-14,27-28H2,1-2H3. The van der Waals surface area contributed by atoms with E-state index in [-0.39, 0.29) is 22.6 Å². The molecule has 0 fully saturated rings. The Morgan fingerprint density at radius 3 is 1.31 bits per heavy atom. The molecule has 5 aromatic rings. The number of rotatable bonds is 24. The third-order valence-corrected chi connectivity index (χ3v) is 10.2. The summed E-state index contributed by atoms with van der Waals surface area (Å²) >= 11 is 12.9. The molecule has 0 aliphatic rings. The van der Waals surface area contributed by atoms with E-state index in [2.05, 4.69) is 23.8 Å². The molecule has 0 amide bonds. The van der Waals surface area contributed by atoms with Gasteiger partial charge >= 0.3 is 11.9 Å². The Balaban J connectivity index is 1.08. The average Bonchev–Trinajstić information content (AvgIpc) is 3.25. The zero-order valence-electron chi connectivity index (χ0n) is 34.8. The SMILES string of the molecule is CCCCCCCCOc1ccc(N=Cc2ccc(C(=O)Oc3cc(F)cc(OC(=O)c4ccc(C=Nc5ccc(OCCCCCCCC)c(Cl)c5)cc4)c3)cc2)cc1Cl. The summed E-state index contributed by atoms with van der Waals surface area (Å²) in [4.78, 5) is 34.9. The highest BCUT2D eigenvalue weighted by atomic mass is 35.5. The summed E-state index contributed by atoms with van der Waals surface area (Å²) in [7, 11) is 0. The molecule has 61 heavy (non-hydrogen) atoms. The third-order valence-electron chi connectivity index (χ3n) is 9.63. The molecule has 320 valence electrons. The molecule has 0 unspecified atom stereocenters. The number of benzene rings is 5. The number of ether oxygens (including phenoxy) is 4. The summed E-state index contributed by atoms with van der Waals surface area (Å²) in [6, 6.07) is 27.2. The van der Waals surface area contributed by atoms with Crippen molar-refractivity contribution in [1.29, 1.82) is 0 Å². The van der Waals surface area contributed by atoms with E-state index in [1.54, 1.807) is 73.1 Å². The molecular formula is C50H53Cl2FN2O6. The van der Waals surface area contributed by atoms with Crippen LogP contribution >= 0.6 is 23.2 Å². The van der Waals surface area contributed by atoms with Crippen LogP contribution in [0.25, 0.3) is 0 Å². The minimum absolute atomic E-state index is 0.126. The lowest BCUT2D eigenvalue weighted by molar-refractivity contribution is 0.0732.